The second kappa shape index (κ2) is 4.92. The van der Waals surface area contributed by atoms with Crippen LogP contribution in [0.25, 0.3) is 0 Å². The van der Waals surface area contributed by atoms with Crippen LogP contribution in [0.2, 0.25) is 0 Å². The van der Waals surface area contributed by atoms with E-state index in [1.54, 1.807) is 0 Å². The third-order valence-electron chi connectivity index (χ3n) is 2.54. The summed E-state index contributed by atoms with van der Waals surface area (Å²) in [4.78, 5) is 4.32. The molecule has 5 heteroatoms. The van der Waals surface area contributed by atoms with Gasteiger partial charge in [-0.15, -0.1) is 0 Å². The summed E-state index contributed by atoms with van der Waals surface area (Å²) in [6.07, 6.45) is 1.91. The minimum Gasteiger partial charge on any atom is -0.366 e. The zero-order valence-electron chi connectivity index (χ0n) is 10.3. The van der Waals surface area contributed by atoms with Crippen molar-refractivity contribution in [1.29, 1.82) is 0 Å². The molecule has 1 atom stereocenters. The van der Waals surface area contributed by atoms with Crippen LogP contribution in [0.4, 0.5) is 5.82 Å². The van der Waals surface area contributed by atoms with E-state index in [4.69, 9.17) is 9.47 Å². The molecule has 0 bridgehead atoms. The van der Waals surface area contributed by atoms with Crippen molar-refractivity contribution in [3.63, 3.8) is 0 Å². The Hall–Kier alpha value is -0.650. The first-order valence-corrected chi connectivity index (χ1v) is 6.43. The van der Waals surface area contributed by atoms with Gasteiger partial charge in [0.25, 0.3) is 0 Å². The van der Waals surface area contributed by atoms with Crippen molar-refractivity contribution in [3.8, 4) is 0 Å². The highest BCUT2D eigenvalue weighted by atomic mass is 79.9. The van der Waals surface area contributed by atoms with Crippen LogP contribution in [0, 0.1) is 6.92 Å². The lowest BCUT2D eigenvalue weighted by Crippen LogP contribution is -2.26. The molecule has 1 aliphatic heterocycles. The van der Waals surface area contributed by atoms with Crippen molar-refractivity contribution in [3.05, 3.63) is 22.3 Å². The number of pyridine rings is 1. The standard InChI is InChI=1S/C12H17BrN2O2/c1-8-4-10(13)11(14-5-8)15-6-9-7-16-12(2,3)17-9/h4-5,9H,6-7H2,1-3H3,(H,14,15). The minimum atomic E-state index is -0.468. The summed E-state index contributed by atoms with van der Waals surface area (Å²) in [6, 6.07) is 2.03. The molecule has 0 saturated carbocycles. The summed E-state index contributed by atoms with van der Waals surface area (Å²) in [5.41, 5.74) is 1.13. The van der Waals surface area contributed by atoms with E-state index in [9.17, 15) is 0 Å². The number of anilines is 1. The van der Waals surface area contributed by atoms with Crippen molar-refractivity contribution < 1.29 is 9.47 Å². The van der Waals surface area contributed by atoms with Crippen molar-refractivity contribution in [2.24, 2.45) is 0 Å². The van der Waals surface area contributed by atoms with Crippen LogP contribution >= 0.6 is 15.9 Å². The quantitative estimate of drug-likeness (QED) is 0.932. The fourth-order valence-electron chi connectivity index (χ4n) is 1.74. The lowest BCUT2D eigenvalue weighted by Gasteiger charge is -2.17. The molecule has 1 saturated heterocycles. The molecular weight excluding hydrogens is 284 g/mol. The van der Waals surface area contributed by atoms with Gasteiger partial charge in [-0.05, 0) is 48.3 Å². The Kier molecular flexibility index (Phi) is 3.70. The first-order chi connectivity index (χ1) is 7.96. The number of halogens is 1. The Balaban J connectivity index is 1.90. The molecule has 1 aliphatic rings. The average molecular weight is 301 g/mol. The third-order valence-corrected chi connectivity index (χ3v) is 3.15. The van der Waals surface area contributed by atoms with Crippen LogP contribution in [-0.4, -0.2) is 30.0 Å². The lowest BCUT2D eigenvalue weighted by molar-refractivity contribution is -0.136. The number of aromatic nitrogens is 1. The van der Waals surface area contributed by atoms with E-state index in [-0.39, 0.29) is 6.10 Å². The van der Waals surface area contributed by atoms with E-state index in [1.807, 2.05) is 33.0 Å². The molecule has 4 nitrogen and oxygen atoms in total. The summed E-state index contributed by atoms with van der Waals surface area (Å²) >= 11 is 3.48. The van der Waals surface area contributed by atoms with Gasteiger partial charge in [0.15, 0.2) is 5.79 Å². The normalized spacial score (nSPS) is 22.7. The van der Waals surface area contributed by atoms with Crippen LogP contribution in [0.15, 0.2) is 16.7 Å². The molecule has 0 radical (unpaired) electrons. The molecule has 0 amide bonds. The fourth-order valence-corrected chi connectivity index (χ4v) is 2.34. The summed E-state index contributed by atoms with van der Waals surface area (Å²) in [5, 5.41) is 3.26. The summed E-state index contributed by atoms with van der Waals surface area (Å²) in [7, 11) is 0. The summed E-state index contributed by atoms with van der Waals surface area (Å²) in [6.45, 7) is 7.17. The lowest BCUT2D eigenvalue weighted by atomic mass is 10.3. The number of nitrogens with zero attached hydrogens (tertiary/aromatic N) is 1. The highest BCUT2D eigenvalue weighted by Gasteiger charge is 2.32. The molecule has 0 aliphatic carbocycles. The fraction of sp³-hybridized carbons (Fsp3) is 0.583. The highest BCUT2D eigenvalue weighted by molar-refractivity contribution is 9.10. The largest absolute Gasteiger partial charge is 0.366 e. The molecule has 1 fully saturated rings. The first-order valence-electron chi connectivity index (χ1n) is 5.64. The zero-order valence-corrected chi connectivity index (χ0v) is 11.9. The smallest absolute Gasteiger partial charge is 0.163 e. The molecule has 1 aromatic rings. The average Bonchev–Trinajstić information content (AvgIpc) is 2.57. The number of ether oxygens (including phenoxy) is 2. The molecule has 1 unspecified atom stereocenters. The molecule has 94 valence electrons. The molecule has 0 aromatic carbocycles. The van der Waals surface area contributed by atoms with E-state index in [2.05, 4.69) is 26.2 Å². The number of hydrogen-bond acceptors (Lipinski definition) is 4. The monoisotopic (exact) mass is 300 g/mol. The van der Waals surface area contributed by atoms with E-state index in [1.165, 1.54) is 0 Å². The second-order valence-corrected chi connectivity index (χ2v) is 5.53. The van der Waals surface area contributed by atoms with Crippen LogP contribution in [0.1, 0.15) is 19.4 Å². The molecule has 17 heavy (non-hydrogen) atoms. The number of rotatable bonds is 3. The van der Waals surface area contributed by atoms with Crippen molar-refractivity contribution in [2.45, 2.75) is 32.7 Å². The Morgan fingerprint density at radius 3 is 2.94 bits per heavy atom. The first kappa shape index (κ1) is 12.8. The Bertz CT molecular complexity index is 409. The van der Waals surface area contributed by atoms with Gasteiger partial charge >= 0.3 is 0 Å². The number of nitrogens with one attached hydrogen (secondary N) is 1. The predicted octanol–water partition coefficient (Wildman–Crippen LogP) is 2.72. The second-order valence-electron chi connectivity index (χ2n) is 4.67. The van der Waals surface area contributed by atoms with Gasteiger partial charge in [0.1, 0.15) is 11.9 Å². The molecular formula is C12H17BrN2O2. The minimum absolute atomic E-state index is 0.0694. The van der Waals surface area contributed by atoms with Gasteiger partial charge in [-0.1, -0.05) is 0 Å². The molecule has 0 spiro atoms. The molecule has 2 rings (SSSR count). The van der Waals surface area contributed by atoms with Crippen molar-refractivity contribution in [1.82, 2.24) is 4.98 Å². The van der Waals surface area contributed by atoms with Crippen LogP contribution < -0.4 is 5.32 Å². The van der Waals surface area contributed by atoms with Gasteiger partial charge in [0.2, 0.25) is 0 Å². The number of aryl methyl sites for hydroxylation is 1. The van der Waals surface area contributed by atoms with Crippen molar-refractivity contribution >= 4 is 21.7 Å². The zero-order chi connectivity index (χ0) is 12.5. The topological polar surface area (TPSA) is 43.4 Å². The SMILES string of the molecule is Cc1cnc(NCC2COC(C)(C)O2)c(Br)c1. The number of hydrogen-bond donors (Lipinski definition) is 1. The summed E-state index contributed by atoms with van der Waals surface area (Å²) < 4.78 is 12.2. The van der Waals surface area contributed by atoms with E-state index < -0.39 is 5.79 Å². The van der Waals surface area contributed by atoms with Gasteiger partial charge in [-0.25, -0.2) is 4.98 Å². The van der Waals surface area contributed by atoms with Gasteiger partial charge < -0.3 is 14.8 Å². The van der Waals surface area contributed by atoms with Gasteiger partial charge in [-0.3, -0.25) is 0 Å². The van der Waals surface area contributed by atoms with E-state index in [0.717, 1.165) is 15.9 Å². The third kappa shape index (κ3) is 3.40. The molecule has 1 N–H and O–H groups in total. The van der Waals surface area contributed by atoms with Crippen LogP contribution in [0.3, 0.4) is 0 Å². The maximum atomic E-state index is 5.71. The van der Waals surface area contributed by atoms with Crippen LogP contribution in [0.5, 0.6) is 0 Å². The van der Waals surface area contributed by atoms with Gasteiger partial charge in [-0.2, -0.15) is 0 Å². The van der Waals surface area contributed by atoms with E-state index >= 15 is 0 Å². The Morgan fingerprint density at radius 1 is 1.59 bits per heavy atom. The van der Waals surface area contributed by atoms with Crippen LogP contribution in [-0.2, 0) is 9.47 Å². The Morgan fingerprint density at radius 2 is 2.35 bits per heavy atom. The maximum Gasteiger partial charge on any atom is 0.163 e. The Labute approximate surface area is 110 Å². The maximum absolute atomic E-state index is 5.71. The molecule has 2 heterocycles. The predicted molar refractivity (Wildman–Crippen MR) is 70.1 cm³/mol. The van der Waals surface area contributed by atoms with Crippen molar-refractivity contribution in [2.75, 3.05) is 18.5 Å². The van der Waals surface area contributed by atoms with Gasteiger partial charge in [0, 0.05) is 12.7 Å². The van der Waals surface area contributed by atoms with E-state index in [0.29, 0.717) is 13.2 Å². The highest BCUT2D eigenvalue weighted by Crippen LogP contribution is 2.24. The van der Waals surface area contributed by atoms with Gasteiger partial charge in [0.05, 0.1) is 11.1 Å². The summed E-state index contributed by atoms with van der Waals surface area (Å²) in [5.74, 6) is 0.369. The molecule has 1 aromatic heterocycles.